The molecule has 6 nitrogen and oxygen atoms in total. The van der Waals surface area contributed by atoms with E-state index < -0.39 is 4.92 Å². The van der Waals surface area contributed by atoms with E-state index >= 15 is 0 Å². The van der Waals surface area contributed by atoms with Gasteiger partial charge in [-0.25, -0.2) is 4.98 Å². The van der Waals surface area contributed by atoms with Crippen LogP contribution in [0.2, 0.25) is 5.02 Å². The summed E-state index contributed by atoms with van der Waals surface area (Å²) in [6.45, 7) is 3.65. The fourth-order valence-electron chi connectivity index (χ4n) is 1.19. The van der Waals surface area contributed by atoms with Crippen molar-refractivity contribution in [3.05, 3.63) is 27.4 Å². The van der Waals surface area contributed by atoms with Gasteiger partial charge in [-0.05, 0) is 12.8 Å². The number of aromatic nitrogens is 1. The molecule has 1 aromatic heterocycles. The number of nitrogens with zero attached hydrogens (tertiary/aromatic N) is 2. The van der Waals surface area contributed by atoms with E-state index in [0.29, 0.717) is 0 Å². The molecular formula is C10H14ClN3O3. The van der Waals surface area contributed by atoms with Gasteiger partial charge in [-0.3, -0.25) is 10.1 Å². The summed E-state index contributed by atoms with van der Waals surface area (Å²) in [5, 5.41) is 22.9. The van der Waals surface area contributed by atoms with E-state index in [2.05, 4.69) is 10.3 Å². The Hall–Kier alpha value is -1.40. The molecule has 0 saturated carbocycles. The Morgan fingerprint density at radius 3 is 2.82 bits per heavy atom. The number of nitro groups is 1. The lowest BCUT2D eigenvalue weighted by Crippen LogP contribution is -2.27. The van der Waals surface area contributed by atoms with E-state index in [0.717, 1.165) is 0 Å². The Bertz CT molecular complexity index is 414. The van der Waals surface area contributed by atoms with E-state index in [-0.39, 0.29) is 35.1 Å². The molecule has 0 spiro atoms. The first kappa shape index (κ1) is 13.7. The normalized spacial score (nSPS) is 14.1. The van der Waals surface area contributed by atoms with Crippen LogP contribution >= 0.6 is 11.6 Å². The summed E-state index contributed by atoms with van der Waals surface area (Å²) >= 11 is 5.65. The topological polar surface area (TPSA) is 88.3 Å². The van der Waals surface area contributed by atoms with Crippen molar-refractivity contribution in [3.63, 3.8) is 0 Å². The molecule has 0 aliphatic carbocycles. The number of hydrogen-bond acceptors (Lipinski definition) is 5. The zero-order valence-corrected chi connectivity index (χ0v) is 10.3. The maximum absolute atomic E-state index is 10.8. The molecule has 1 aromatic rings. The zero-order chi connectivity index (χ0) is 13.0. The summed E-state index contributed by atoms with van der Waals surface area (Å²) in [5.41, 5.74) is -0.172. The van der Waals surface area contributed by atoms with Gasteiger partial charge >= 0.3 is 5.69 Å². The number of rotatable bonds is 5. The van der Waals surface area contributed by atoms with Crippen molar-refractivity contribution >= 4 is 23.1 Å². The molecular weight excluding hydrogens is 246 g/mol. The largest absolute Gasteiger partial charge is 0.396 e. The fourth-order valence-corrected chi connectivity index (χ4v) is 1.35. The lowest BCUT2D eigenvalue weighted by Gasteiger charge is -2.19. The third kappa shape index (κ3) is 3.54. The Kier molecular flexibility index (Phi) is 4.65. The van der Waals surface area contributed by atoms with E-state index in [1.54, 1.807) is 0 Å². The van der Waals surface area contributed by atoms with Gasteiger partial charge in [0.25, 0.3) is 0 Å². The van der Waals surface area contributed by atoms with Gasteiger partial charge in [0, 0.05) is 24.9 Å². The highest BCUT2D eigenvalue weighted by molar-refractivity contribution is 6.30. The van der Waals surface area contributed by atoms with Gasteiger partial charge in [0.05, 0.1) is 9.95 Å². The van der Waals surface area contributed by atoms with Gasteiger partial charge in [0.15, 0.2) is 0 Å². The number of anilines is 1. The summed E-state index contributed by atoms with van der Waals surface area (Å²) in [6, 6.07) is 1.11. The van der Waals surface area contributed by atoms with Crippen LogP contribution < -0.4 is 5.32 Å². The first-order chi connectivity index (χ1) is 7.95. The molecule has 2 atom stereocenters. The first-order valence-electron chi connectivity index (χ1n) is 5.13. The van der Waals surface area contributed by atoms with Crippen LogP contribution in [0.25, 0.3) is 0 Å². The van der Waals surface area contributed by atoms with Gasteiger partial charge < -0.3 is 10.4 Å². The van der Waals surface area contributed by atoms with Gasteiger partial charge in [-0.1, -0.05) is 18.5 Å². The monoisotopic (exact) mass is 259 g/mol. The lowest BCUT2D eigenvalue weighted by molar-refractivity contribution is -0.384. The Labute approximate surface area is 104 Å². The van der Waals surface area contributed by atoms with Crippen molar-refractivity contribution in [1.29, 1.82) is 0 Å². The fraction of sp³-hybridized carbons (Fsp3) is 0.500. The molecule has 17 heavy (non-hydrogen) atoms. The smallest absolute Gasteiger partial charge is 0.312 e. The second-order valence-corrected chi connectivity index (χ2v) is 4.31. The maximum Gasteiger partial charge on any atom is 0.312 e. The van der Waals surface area contributed by atoms with Crippen molar-refractivity contribution in [1.82, 2.24) is 4.98 Å². The van der Waals surface area contributed by atoms with Crippen LogP contribution in [-0.2, 0) is 0 Å². The number of pyridine rings is 1. The molecule has 0 aliphatic rings. The molecule has 0 fully saturated rings. The van der Waals surface area contributed by atoms with Crippen molar-refractivity contribution in [2.75, 3.05) is 11.9 Å². The van der Waals surface area contributed by atoms with E-state index in [4.69, 9.17) is 16.7 Å². The molecule has 0 aromatic carbocycles. The van der Waals surface area contributed by atoms with Crippen LogP contribution in [0.4, 0.5) is 11.5 Å². The summed E-state index contributed by atoms with van der Waals surface area (Å²) in [4.78, 5) is 14.2. The summed E-state index contributed by atoms with van der Waals surface area (Å²) in [5.74, 6) is 0.124. The second-order valence-electron chi connectivity index (χ2n) is 3.87. The van der Waals surface area contributed by atoms with Crippen molar-refractivity contribution in [2.45, 2.75) is 19.9 Å². The number of aliphatic hydroxyl groups excluding tert-OH is 1. The number of halogens is 1. The minimum Gasteiger partial charge on any atom is -0.396 e. The molecule has 0 amide bonds. The molecule has 1 heterocycles. The van der Waals surface area contributed by atoms with Crippen LogP contribution in [0.5, 0.6) is 0 Å². The molecule has 2 N–H and O–H groups in total. The number of nitrogens with one attached hydrogen (secondary N) is 1. The first-order valence-corrected chi connectivity index (χ1v) is 5.50. The van der Waals surface area contributed by atoms with Gasteiger partial charge in [0.2, 0.25) is 5.82 Å². The highest BCUT2D eigenvalue weighted by Crippen LogP contribution is 2.26. The van der Waals surface area contributed by atoms with E-state index in [9.17, 15) is 10.1 Å². The summed E-state index contributed by atoms with van der Waals surface area (Å²) in [6.07, 6.45) is 1.34. The van der Waals surface area contributed by atoms with Crippen molar-refractivity contribution in [2.24, 2.45) is 5.92 Å². The highest BCUT2D eigenvalue weighted by Gasteiger charge is 2.19. The molecule has 0 bridgehead atoms. The number of hydrogen-bond donors (Lipinski definition) is 2. The molecule has 94 valence electrons. The van der Waals surface area contributed by atoms with Crippen LogP contribution in [0.15, 0.2) is 12.3 Å². The SMILES string of the molecule is CC(CO)C(C)Nc1ncc(Cl)cc1[N+](=O)[O-]. The van der Waals surface area contributed by atoms with E-state index in [1.165, 1.54) is 12.3 Å². The minimum atomic E-state index is -0.544. The molecule has 2 unspecified atom stereocenters. The highest BCUT2D eigenvalue weighted by atomic mass is 35.5. The van der Waals surface area contributed by atoms with Crippen LogP contribution in [0.3, 0.4) is 0 Å². The Morgan fingerprint density at radius 1 is 1.65 bits per heavy atom. The maximum atomic E-state index is 10.8. The summed E-state index contributed by atoms with van der Waals surface area (Å²) < 4.78 is 0. The summed E-state index contributed by atoms with van der Waals surface area (Å²) in [7, 11) is 0. The Balaban J connectivity index is 2.94. The van der Waals surface area contributed by atoms with Gasteiger partial charge in [0.1, 0.15) is 0 Å². The van der Waals surface area contributed by atoms with Gasteiger partial charge in [-0.2, -0.15) is 0 Å². The molecule has 7 heteroatoms. The molecule has 0 saturated heterocycles. The molecule has 1 rings (SSSR count). The average Bonchev–Trinajstić information content (AvgIpc) is 2.29. The number of aliphatic hydroxyl groups is 1. The molecule has 0 aliphatic heterocycles. The Morgan fingerprint density at radius 2 is 2.29 bits per heavy atom. The second kappa shape index (κ2) is 5.79. The van der Waals surface area contributed by atoms with Crippen LogP contribution in [0, 0.1) is 16.0 Å². The minimum absolute atomic E-state index is 0.00441. The third-order valence-electron chi connectivity index (χ3n) is 2.54. The third-order valence-corrected chi connectivity index (χ3v) is 2.74. The lowest BCUT2D eigenvalue weighted by atomic mass is 10.1. The van der Waals surface area contributed by atoms with Crippen molar-refractivity contribution in [3.8, 4) is 0 Å². The zero-order valence-electron chi connectivity index (χ0n) is 9.55. The predicted molar refractivity (Wildman–Crippen MR) is 65.2 cm³/mol. The van der Waals surface area contributed by atoms with E-state index in [1.807, 2.05) is 13.8 Å². The average molecular weight is 260 g/mol. The van der Waals surface area contributed by atoms with Crippen molar-refractivity contribution < 1.29 is 10.0 Å². The van der Waals surface area contributed by atoms with Gasteiger partial charge in [-0.15, -0.1) is 0 Å². The predicted octanol–water partition coefficient (Wildman–Crippen LogP) is 2.07. The molecule has 0 radical (unpaired) electrons. The quantitative estimate of drug-likeness (QED) is 0.624. The van der Waals surface area contributed by atoms with Crippen LogP contribution in [0.1, 0.15) is 13.8 Å². The standard InChI is InChI=1S/C10H14ClN3O3/c1-6(5-15)7(2)13-10-9(14(16)17)3-8(11)4-12-10/h3-4,6-7,15H,5H2,1-2H3,(H,12,13). The van der Waals surface area contributed by atoms with Crippen LogP contribution in [-0.4, -0.2) is 27.7 Å².